The third-order valence-corrected chi connectivity index (χ3v) is 6.62. The molecule has 0 unspecified atom stereocenters. The van der Waals surface area contributed by atoms with E-state index in [4.69, 9.17) is 0 Å². The SMILES string of the molecule is CCSc1ccc(CN2CCC3(CC2)C(=O)NCN3c2ccccc2)cc1. The molecule has 2 heterocycles. The van der Waals surface area contributed by atoms with Crippen molar-refractivity contribution < 1.29 is 4.79 Å². The summed E-state index contributed by atoms with van der Waals surface area (Å²) in [7, 11) is 0. The molecular formula is C22H27N3OS. The van der Waals surface area contributed by atoms with Crippen LogP contribution < -0.4 is 10.2 Å². The Morgan fingerprint density at radius 3 is 2.41 bits per heavy atom. The van der Waals surface area contributed by atoms with Crippen molar-refractivity contribution >= 4 is 23.4 Å². The molecule has 0 aliphatic carbocycles. The van der Waals surface area contributed by atoms with Crippen molar-refractivity contribution in [2.24, 2.45) is 0 Å². The van der Waals surface area contributed by atoms with Crippen molar-refractivity contribution in [2.75, 3.05) is 30.4 Å². The number of likely N-dealkylation sites (tertiary alicyclic amines) is 1. The van der Waals surface area contributed by atoms with Crippen LogP contribution >= 0.6 is 11.8 Å². The molecule has 2 saturated heterocycles. The summed E-state index contributed by atoms with van der Waals surface area (Å²) in [5, 5.41) is 3.08. The number of nitrogens with zero attached hydrogens (tertiary/aromatic N) is 2. The van der Waals surface area contributed by atoms with Gasteiger partial charge in [-0.1, -0.05) is 37.3 Å². The minimum atomic E-state index is -0.389. The summed E-state index contributed by atoms with van der Waals surface area (Å²) in [4.78, 5) is 18.8. The van der Waals surface area contributed by atoms with Crippen LogP contribution in [0.4, 0.5) is 5.69 Å². The fraction of sp³-hybridized carbons (Fsp3) is 0.409. The maximum Gasteiger partial charge on any atom is 0.247 e. The second-order valence-electron chi connectivity index (χ2n) is 7.31. The van der Waals surface area contributed by atoms with Crippen LogP contribution in [0.2, 0.25) is 0 Å². The number of carbonyl (C=O) groups excluding carboxylic acids is 1. The Hall–Kier alpha value is -1.98. The molecule has 27 heavy (non-hydrogen) atoms. The largest absolute Gasteiger partial charge is 0.339 e. The highest BCUT2D eigenvalue weighted by Gasteiger charge is 2.50. The van der Waals surface area contributed by atoms with Gasteiger partial charge in [-0.2, -0.15) is 0 Å². The molecule has 5 heteroatoms. The Kier molecular flexibility index (Phi) is 5.41. The Labute approximate surface area is 165 Å². The van der Waals surface area contributed by atoms with Crippen molar-refractivity contribution in [1.82, 2.24) is 10.2 Å². The number of piperidine rings is 1. The molecule has 1 N–H and O–H groups in total. The summed E-state index contributed by atoms with van der Waals surface area (Å²) in [6.45, 7) is 5.64. The van der Waals surface area contributed by atoms with Crippen molar-refractivity contribution in [3.63, 3.8) is 0 Å². The van der Waals surface area contributed by atoms with E-state index in [1.165, 1.54) is 10.5 Å². The van der Waals surface area contributed by atoms with Crippen molar-refractivity contribution in [2.45, 2.75) is 36.7 Å². The Morgan fingerprint density at radius 2 is 1.74 bits per heavy atom. The summed E-state index contributed by atoms with van der Waals surface area (Å²) in [5.41, 5.74) is 2.09. The van der Waals surface area contributed by atoms with Gasteiger partial charge >= 0.3 is 0 Å². The molecule has 0 aromatic heterocycles. The molecule has 2 aromatic carbocycles. The van der Waals surface area contributed by atoms with Crippen LogP contribution in [-0.2, 0) is 11.3 Å². The Bertz CT molecular complexity index is 770. The zero-order chi connectivity index (χ0) is 18.7. The molecule has 0 bridgehead atoms. The number of hydrogen-bond acceptors (Lipinski definition) is 4. The first-order valence-electron chi connectivity index (χ1n) is 9.76. The van der Waals surface area contributed by atoms with Gasteiger partial charge in [-0.15, -0.1) is 11.8 Å². The topological polar surface area (TPSA) is 35.6 Å². The molecular weight excluding hydrogens is 354 g/mol. The first kappa shape index (κ1) is 18.4. The van der Waals surface area contributed by atoms with E-state index in [-0.39, 0.29) is 11.4 Å². The number of carbonyl (C=O) groups is 1. The van der Waals surface area contributed by atoms with Gasteiger partial charge in [0.15, 0.2) is 0 Å². The molecule has 2 fully saturated rings. The average molecular weight is 382 g/mol. The lowest BCUT2D eigenvalue weighted by Gasteiger charge is -2.43. The standard InChI is InChI=1S/C22H27N3OS/c1-2-27-20-10-8-18(9-11-20)16-24-14-12-22(13-15-24)21(26)23-17-25(22)19-6-4-3-5-7-19/h3-11H,2,12-17H2,1H3,(H,23,26). The van der Waals surface area contributed by atoms with Crippen LogP contribution in [0.5, 0.6) is 0 Å². The van der Waals surface area contributed by atoms with Gasteiger partial charge in [-0.3, -0.25) is 9.69 Å². The highest BCUT2D eigenvalue weighted by atomic mass is 32.2. The van der Waals surface area contributed by atoms with Gasteiger partial charge in [0.2, 0.25) is 5.91 Å². The number of rotatable bonds is 5. The molecule has 1 amide bonds. The summed E-state index contributed by atoms with van der Waals surface area (Å²) < 4.78 is 0. The predicted octanol–water partition coefficient (Wildman–Crippen LogP) is 3.73. The van der Waals surface area contributed by atoms with Crippen LogP contribution in [-0.4, -0.2) is 41.9 Å². The van der Waals surface area contributed by atoms with E-state index in [1.807, 2.05) is 30.0 Å². The molecule has 4 rings (SSSR count). The van der Waals surface area contributed by atoms with Crippen LogP contribution in [0.1, 0.15) is 25.3 Å². The number of thioether (sulfide) groups is 1. The van der Waals surface area contributed by atoms with Gasteiger partial charge in [0.05, 0.1) is 6.67 Å². The summed E-state index contributed by atoms with van der Waals surface area (Å²) >= 11 is 1.88. The number of amides is 1. The Morgan fingerprint density at radius 1 is 1.04 bits per heavy atom. The molecule has 4 nitrogen and oxygen atoms in total. The van der Waals surface area contributed by atoms with Gasteiger partial charge in [-0.05, 0) is 48.4 Å². The highest BCUT2D eigenvalue weighted by Crippen LogP contribution is 2.36. The predicted molar refractivity (Wildman–Crippen MR) is 112 cm³/mol. The molecule has 0 saturated carbocycles. The lowest BCUT2D eigenvalue weighted by molar-refractivity contribution is -0.125. The lowest BCUT2D eigenvalue weighted by Crippen LogP contribution is -2.56. The first-order chi connectivity index (χ1) is 13.2. The zero-order valence-corrected chi connectivity index (χ0v) is 16.7. The highest BCUT2D eigenvalue weighted by molar-refractivity contribution is 7.99. The number of anilines is 1. The van der Waals surface area contributed by atoms with Gasteiger partial charge in [0.25, 0.3) is 0 Å². The van der Waals surface area contributed by atoms with Crippen LogP contribution in [0, 0.1) is 0 Å². The van der Waals surface area contributed by atoms with Crippen LogP contribution in [0.3, 0.4) is 0 Å². The smallest absolute Gasteiger partial charge is 0.247 e. The number of nitrogens with one attached hydrogen (secondary N) is 1. The van der Waals surface area contributed by atoms with Crippen molar-refractivity contribution in [3.05, 3.63) is 60.2 Å². The molecule has 0 radical (unpaired) electrons. The van der Waals surface area contributed by atoms with Gasteiger partial charge in [-0.25, -0.2) is 0 Å². The van der Waals surface area contributed by atoms with Crippen molar-refractivity contribution in [3.8, 4) is 0 Å². The monoisotopic (exact) mass is 381 g/mol. The van der Waals surface area contributed by atoms with Crippen LogP contribution in [0.15, 0.2) is 59.5 Å². The van der Waals surface area contributed by atoms with E-state index in [0.29, 0.717) is 6.67 Å². The van der Waals surface area contributed by atoms with E-state index >= 15 is 0 Å². The zero-order valence-electron chi connectivity index (χ0n) is 15.9. The molecule has 0 atom stereocenters. The first-order valence-corrected chi connectivity index (χ1v) is 10.7. The normalized spacial score (nSPS) is 19.4. The van der Waals surface area contributed by atoms with Crippen LogP contribution in [0.25, 0.3) is 0 Å². The fourth-order valence-electron chi connectivity index (χ4n) is 4.23. The molecule has 2 aliphatic heterocycles. The maximum absolute atomic E-state index is 12.7. The minimum Gasteiger partial charge on any atom is -0.339 e. The summed E-state index contributed by atoms with van der Waals surface area (Å²) in [6, 6.07) is 19.2. The van der Waals surface area contributed by atoms with Gasteiger partial charge in [0.1, 0.15) is 5.54 Å². The molecule has 142 valence electrons. The number of para-hydroxylation sites is 1. The Balaban J connectivity index is 1.42. The van der Waals surface area contributed by atoms with E-state index in [0.717, 1.165) is 43.9 Å². The maximum atomic E-state index is 12.7. The van der Waals surface area contributed by atoms with E-state index in [1.54, 1.807) is 0 Å². The van der Waals surface area contributed by atoms with Gasteiger partial charge < -0.3 is 10.2 Å². The van der Waals surface area contributed by atoms with E-state index in [2.05, 4.69) is 58.4 Å². The fourth-order valence-corrected chi connectivity index (χ4v) is 4.89. The molecule has 2 aliphatic rings. The second kappa shape index (κ2) is 7.95. The lowest BCUT2D eigenvalue weighted by atomic mass is 9.85. The van der Waals surface area contributed by atoms with E-state index < -0.39 is 0 Å². The third-order valence-electron chi connectivity index (χ3n) is 5.73. The molecule has 1 spiro atoms. The minimum absolute atomic E-state index is 0.187. The summed E-state index contributed by atoms with van der Waals surface area (Å²) in [5.74, 6) is 1.29. The number of hydrogen-bond donors (Lipinski definition) is 1. The average Bonchev–Trinajstić information content (AvgIpc) is 3.02. The quantitative estimate of drug-likeness (QED) is 0.801. The third kappa shape index (κ3) is 3.71. The number of benzene rings is 2. The summed E-state index contributed by atoms with van der Waals surface area (Å²) in [6.07, 6.45) is 1.75. The van der Waals surface area contributed by atoms with Crippen molar-refractivity contribution in [1.29, 1.82) is 0 Å². The second-order valence-corrected chi connectivity index (χ2v) is 8.65. The molecule has 2 aromatic rings. The van der Waals surface area contributed by atoms with E-state index in [9.17, 15) is 4.79 Å². The van der Waals surface area contributed by atoms with Gasteiger partial charge in [0, 0.05) is 30.2 Å².